The van der Waals surface area contributed by atoms with Gasteiger partial charge in [-0.3, -0.25) is 5.32 Å². The van der Waals surface area contributed by atoms with Gasteiger partial charge in [-0.2, -0.15) is 5.26 Å². The summed E-state index contributed by atoms with van der Waals surface area (Å²) in [5.41, 5.74) is -0.379. The van der Waals surface area contributed by atoms with Gasteiger partial charge in [0.05, 0.1) is 6.07 Å². The van der Waals surface area contributed by atoms with Gasteiger partial charge in [0.25, 0.3) is 0 Å². The molecule has 2 aliphatic rings. The number of piperidine rings is 1. The van der Waals surface area contributed by atoms with E-state index in [-0.39, 0.29) is 5.54 Å². The largest absolute Gasteiger partial charge is 0.300 e. The lowest BCUT2D eigenvalue weighted by Crippen LogP contribution is -2.51. The van der Waals surface area contributed by atoms with E-state index in [1.165, 1.54) is 45.1 Å². The van der Waals surface area contributed by atoms with Crippen molar-refractivity contribution >= 4 is 0 Å². The van der Waals surface area contributed by atoms with Crippen molar-refractivity contribution in [3.63, 3.8) is 0 Å². The van der Waals surface area contributed by atoms with Gasteiger partial charge >= 0.3 is 0 Å². The maximum Gasteiger partial charge on any atom is 0.105 e. The molecule has 0 aromatic carbocycles. The van der Waals surface area contributed by atoms with Crippen molar-refractivity contribution in [1.82, 2.24) is 10.2 Å². The van der Waals surface area contributed by atoms with Gasteiger partial charge in [-0.15, -0.1) is 0 Å². The number of likely N-dealkylation sites (tertiary alicyclic amines) is 1. The molecule has 1 saturated heterocycles. The number of hydrogen-bond donors (Lipinski definition) is 1. The van der Waals surface area contributed by atoms with Gasteiger partial charge in [-0.25, -0.2) is 0 Å². The standard InChI is InChI=1S/C17H31N3/c1-14(2)19-17(3,13-18)10-12-20-11-6-8-15-7-4-5-9-16(15)20/h14-16,19H,4-12H2,1-3H3. The number of nitriles is 1. The van der Waals surface area contributed by atoms with Crippen LogP contribution in [0.15, 0.2) is 0 Å². The summed E-state index contributed by atoms with van der Waals surface area (Å²) >= 11 is 0. The Morgan fingerprint density at radius 2 is 1.95 bits per heavy atom. The van der Waals surface area contributed by atoms with Crippen LogP contribution in [0, 0.1) is 17.2 Å². The molecule has 20 heavy (non-hydrogen) atoms. The summed E-state index contributed by atoms with van der Waals surface area (Å²) in [6, 6.07) is 3.65. The zero-order chi connectivity index (χ0) is 14.6. The molecule has 3 nitrogen and oxygen atoms in total. The Bertz CT molecular complexity index is 345. The molecule has 1 aliphatic carbocycles. The Balaban J connectivity index is 1.90. The maximum absolute atomic E-state index is 9.47. The smallest absolute Gasteiger partial charge is 0.105 e. The highest BCUT2D eigenvalue weighted by Crippen LogP contribution is 2.35. The first kappa shape index (κ1) is 15.8. The highest BCUT2D eigenvalue weighted by molar-refractivity contribution is 5.05. The highest BCUT2D eigenvalue weighted by Gasteiger charge is 2.34. The third-order valence-corrected chi connectivity index (χ3v) is 5.11. The second-order valence-corrected chi connectivity index (χ2v) is 7.28. The molecule has 3 heteroatoms. The molecular formula is C17H31N3. The lowest BCUT2D eigenvalue weighted by atomic mass is 9.78. The van der Waals surface area contributed by atoms with E-state index in [0.717, 1.165) is 24.9 Å². The molecule has 0 radical (unpaired) electrons. The second-order valence-electron chi connectivity index (χ2n) is 7.28. The molecule has 2 rings (SSSR count). The first-order valence-corrected chi connectivity index (χ1v) is 8.47. The Labute approximate surface area is 124 Å². The molecule has 0 spiro atoms. The Morgan fingerprint density at radius 3 is 2.65 bits per heavy atom. The molecule has 0 aromatic rings. The quantitative estimate of drug-likeness (QED) is 0.838. The van der Waals surface area contributed by atoms with E-state index in [0.29, 0.717) is 6.04 Å². The first-order chi connectivity index (χ1) is 9.54. The molecule has 2 fully saturated rings. The molecule has 1 saturated carbocycles. The Morgan fingerprint density at radius 1 is 1.25 bits per heavy atom. The predicted molar refractivity (Wildman–Crippen MR) is 83.5 cm³/mol. The maximum atomic E-state index is 9.47. The van der Waals surface area contributed by atoms with Crippen LogP contribution < -0.4 is 5.32 Å². The minimum absolute atomic E-state index is 0.364. The minimum Gasteiger partial charge on any atom is -0.300 e. The van der Waals surface area contributed by atoms with Crippen molar-refractivity contribution in [3.8, 4) is 6.07 Å². The molecule has 0 bridgehead atoms. The predicted octanol–water partition coefficient (Wildman–Crippen LogP) is 3.31. The highest BCUT2D eigenvalue weighted by atomic mass is 15.2. The van der Waals surface area contributed by atoms with Gasteiger partial charge in [0.1, 0.15) is 5.54 Å². The lowest BCUT2D eigenvalue weighted by molar-refractivity contribution is 0.0555. The van der Waals surface area contributed by atoms with E-state index in [1.807, 2.05) is 0 Å². The first-order valence-electron chi connectivity index (χ1n) is 8.47. The lowest BCUT2D eigenvalue weighted by Gasteiger charge is -2.45. The summed E-state index contributed by atoms with van der Waals surface area (Å²) in [6.45, 7) is 8.60. The summed E-state index contributed by atoms with van der Waals surface area (Å²) < 4.78 is 0. The SMILES string of the molecule is CC(C)NC(C)(C#N)CCN1CCCC2CCCCC21. The van der Waals surface area contributed by atoms with Gasteiger partial charge < -0.3 is 4.90 Å². The molecule has 0 aromatic heterocycles. The topological polar surface area (TPSA) is 39.1 Å². The summed E-state index contributed by atoms with van der Waals surface area (Å²) in [5, 5.41) is 12.9. The van der Waals surface area contributed by atoms with E-state index in [9.17, 15) is 5.26 Å². The zero-order valence-electron chi connectivity index (χ0n) is 13.5. The summed E-state index contributed by atoms with van der Waals surface area (Å²) in [4.78, 5) is 2.69. The van der Waals surface area contributed by atoms with Gasteiger partial charge in [0.15, 0.2) is 0 Å². The Hall–Kier alpha value is -0.590. The average Bonchev–Trinajstić information content (AvgIpc) is 2.44. The van der Waals surface area contributed by atoms with E-state index < -0.39 is 0 Å². The van der Waals surface area contributed by atoms with E-state index in [2.05, 4.69) is 37.1 Å². The van der Waals surface area contributed by atoms with Gasteiger partial charge in [0.2, 0.25) is 0 Å². The molecule has 3 unspecified atom stereocenters. The number of rotatable bonds is 5. The third kappa shape index (κ3) is 3.96. The third-order valence-electron chi connectivity index (χ3n) is 5.11. The van der Waals surface area contributed by atoms with Gasteiger partial charge in [-0.05, 0) is 65.3 Å². The van der Waals surface area contributed by atoms with Crippen molar-refractivity contribution in [2.24, 2.45) is 5.92 Å². The molecule has 3 atom stereocenters. The minimum atomic E-state index is -0.379. The van der Waals surface area contributed by atoms with Gasteiger partial charge in [0, 0.05) is 18.6 Å². The van der Waals surface area contributed by atoms with E-state index in [1.54, 1.807) is 0 Å². The Kier molecular flexibility index (Phi) is 5.46. The van der Waals surface area contributed by atoms with Crippen molar-refractivity contribution < 1.29 is 0 Å². The van der Waals surface area contributed by atoms with Crippen LogP contribution >= 0.6 is 0 Å². The molecular weight excluding hydrogens is 246 g/mol. The molecule has 1 heterocycles. The van der Waals surface area contributed by atoms with Crippen LogP contribution in [0.4, 0.5) is 0 Å². The van der Waals surface area contributed by atoms with Crippen LogP contribution in [-0.2, 0) is 0 Å². The van der Waals surface area contributed by atoms with Gasteiger partial charge in [-0.1, -0.05) is 12.8 Å². The van der Waals surface area contributed by atoms with Crippen molar-refractivity contribution in [1.29, 1.82) is 5.26 Å². The van der Waals surface area contributed by atoms with Crippen molar-refractivity contribution in [2.75, 3.05) is 13.1 Å². The monoisotopic (exact) mass is 277 g/mol. The molecule has 114 valence electrons. The molecule has 0 amide bonds. The normalized spacial score (nSPS) is 30.6. The number of hydrogen-bond acceptors (Lipinski definition) is 3. The van der Waals surface area contributed by atoms with Crippen LogP contribution in [0.25, 0.3) is 0 Å². The summed E-state index contributed by atoms with van der Waals surface area (Å²) in [6.07, 6.45) is 9.36. The molecule has 1 aliphatic heterocycles. The average molecular weight is 277 g/mol. The number of nitrogens with one attached hydrogen (secondary N) is 1. The van der Waals surface area contributed by atoms with Crippen LogP contribution in [0.3, 0.4) is 0 Å². The fourth-order valence-corrected chi connectivity index (χ4v) is 4.17. The van der Waals surface area contributed by atoms with E-state index in [4.69, 9.17) is 0 Å². The van der Waals surface area contributed by atoms with Crippen LogP contribution in [0.5, 0.6) is 0 Å². The van der Waals surface area contributed by atoms with Crippen molar-refractivity contribution in [3.05, 3.63) is 0 Å². The fourth-order valence-electron chi connectivity index (χ4n) is 4.17. The van der Waals surface area contributed by atoms with Crippen LogP contribution in [0.1, 0.15) is 65.7 Å². The number of nitrogens with zero attached hydrogens (tertiary/aromatic N) is 2. The fraction of sp³-hybridized carbons (Fsp3) is 0.941. The molecule has 1 N–H and O–H groups in total. The zero-order valence-corrected chi connectivity index (χ0v) is 13.5. The van der Waals surface area contributed by atoms with E-state index >= 15 is 0 Å². The summed E-state index contributed by atoms with van der Waals surface area (Å²) in [5.74, 6) is 0.934. The number of fused-ring (bicyclic) bond motifs is 1. The van der Waals surface area contributed by atoms with Crippen LogP contribution in [0.2, 0.25) is 0 Å². The second kappa shape index (κ2) is 6.91. The van der Waals surface area contributed by atoms with Crippen molar-refractivity contribution in [2.45, 2.75) is 83.3 Å². The summed E-state index contributed by atoms with van der Waals surface area (Å²) in [7, 11) is 0. The van der Waals surface area contributed by atoms with Crippen LogP contribution in [-0.4, -0.2) is 35.6 Å².